The van der Waals surface area contributed by atoms with Crippen molar-refractivity contribution in [2.24, 2.45) is 0 Å². The maximum absolute atomic E-state index is 5.59. The van der Waals surface area contributed by atoms with Crippen LogP contribution in [0.1, 0.15) is 11.3 Å². The maximum atomic E-state index is 5.59. The Balaban J connectivity index is 1.87. The van der Waals surface area contributed by atoms with Crippen LogP contribution < -0.4 is 5.73 Å². The summed E-state index contributed by atoms with van der Waals surface area (Å²) in [7, 11) is 0. The van der Waals surface area contributed by atoms with Gasteiger partial charge in [0.1, 0.15) is 5.82 Å². The number of benzene rings is 1. The van der Waals surface area contributed by atoms with Crippen molar-refractivity contribution in [2.45, 2.75) is 13.2 Å². The van der Waals surface area contributed by atoms with E-state index in [9.17, 15) is 0 Å². The van der Waals surface area contributed by atoms with Gasteiger partial charge >= 0.3 is 0 Å². The minimum atomic E-state index is 0.470. The fourth-order valence-corrected chi connectivity index (χ4v) is 1.93. The van der Waals surface area contributed by atoms with Gasteiger partial charge in [-0.15, -0.1) is 0 Å². The number of nitrogen functional groups attached to an aromatic ring is 1. The van der Waals surface area contributed by atoms with Crippen LogP contribution >= 0.6 is 15.9 Å². The van der Waals surface area contributed by atoms with Gasteiger partial charge in [-0.25, -0.2) is 4.98 Å². The molecule has 0 unspecified atom stereocenters. The predicted octanol–water partition coefficient (Wildman–Crippen LogP) is 3.14. The molecule has 0 radical (unpaired) electrons. The molecule has 0 saturated heterocycles. The largest absolute Gasteiger partial charge is 0.384 e. The molecular formula is C13H13BrN2O. The first-order chi connectivity index (χ1) is 8.24. The number of pyridine rings is 1. The number of hydrogen-bond donors (Lipinski definition) is 1. The van der Waals surface area contributed by atoms with Crippen LogP contribution in [0.5, 0.6) is 0 Å². The molecule has 3 nitrogen and oxygen atoms in total. The van der Waals surface area contributed by atoms with Gasteiger partial charge in [0.25, 0.3) is 0 Å². The third kappa shape index (κ3) is 3.84. The van der Waals surface area contributed by atoms with Crippen molar-refractivity contribution in [1.29, 1.82) is 0 Å². The van der Waals surface area contributed by atoms with E-state index in [0.29, 0.717) is 19.0 Å². The Labute approximate surface area is 109 Å². The Morgan fingerprint density at radius 2 is 1.94 bits per heavy atom. The lowest BCUT2D eigenvalue weighted by Crippen LogP contribution is -1.98. The zero-order valence-corrected chi connectivity index (χ0v) is 10.9. The summed E-state index contributed by atoms with van der Waals surface area (Å²) in [5.74, 6) is 0.522. The molecule has 0 aliphatic rings. The Bertz CT molecular complexity index is 457. The highest BCUT2D eigenvalue weighted by Crippen LogP contribution is 2.13. The van der Waals surface area contributed by atoms with Crippen molar-refractivity contribution < 1.29 is 4.74 Å². The summed E-state index contributed by atoms with van der Waals surface area (Å²) < 4.78 is 6.63. The number of halogens is 1. The van der Waals surface area contributed by atoms with Crippen LogP contribution in [0.25, 0.3) is 0 Å². The van der Waals surface area contributed by atoms with Gasteiger partial charge < -0.3 is 10.5 Å². The highest BCUT2D eigenvalue weighted by molar-refractivity contribution is 9.10. The molecule has 1 aromatic heterocycles. The Hall–Kier alpha value is -1.39. The van der Waals surface area contributed by atoms with E-state index < -0.39 is 0 Å². The van der Waals surface area contributed by atoms with E-state index in [1.54, 1.807) is 6.07 Å². The van der Waals surface area contributed by atoms with Gasteiger partial charge in [-0.3, -0.25) is 0 Å². The number of rotatable bonds is 4. The molecule has 2 rings (SSSR count). The molecule has 1 aromatic carbocycles. The van der Waals surface area contributed by atoms with Crippen molar-refractivity contribution in [1.82, 2.24) is 4.98 Å². The Morgan fingerprint density at radius 1 is 1.12 bits per heavy atom. The number of hydrogen-bond acceptors (Lipinski definition) is 3. The summed E-state index contributed by atoms with van der Waals surface area (Å²) in [6.45, 7) is 1.04. The van der Waals surface area contributed by atoms with Crippen molar-refractivity contribution in [2.75, 3.05) is 5.73 Å². The van der Waals surface area contributed by atoms with E-state index in [0.717, 1.165) is 15.7 Å². The van der Waals surface area contributed by atoms with Gasteiger partial charge in [-0.1, -0.05) is 34.1 Å². The Morgan fingerprint density at radius 3 is 2.71 bits per heavy atom. The van der Waals surface area contributed by atoms with Gasteiger partial charge in [-0.05, 0) is 29.8 Å². The molecule has 0 saturated carbocycles. The standard InChI is InChI=1S/C13H13BrN2O/c14-11-4-1-3-10(7-11)8-17-9-12-5-2-6-13(15)16-12/h1-7H,8-9H2,(H2,15,16). The summed E-state index contributed by atoms with van der Waals surface area (Å²) in [6, 6.07) is 13.6. The SMILES string of the molecule is Nc1cccc(COCc2cccc(Br)c2)n1. The second kappa shape index (κ2) is 5.80. The molecule has 0 aliphatic heterocycles. The van der Waals surface area contributed by atoms with Crippen molar-refractivity contribution >= 4 is 21.7 Å². The fraction of sp³-hybridized carbons (Fsp3) is 0.154. The first-order valence-corrected chi connectivity index (χ1v) is 6.07. The van der Waals surface area contributed by atoms with Crippen LogP contribution in [-0.2, 0) is 18.0 Å². The van der Waals surface area contributed by atoms with Gasteiger partial charge in [0.15, 0.2) is 0 Å². The second-order valence-electron chi connectivity index (χ2n) is 3.68. The minimum absolute atomic E-state index is 0.470. The van der Waals surface area contributed by atoms with Gasteiger partial charge in [0.05, 0.1) is 18.9 Å². The minimum Gasteiger partial charge on any atom is -0.384 e. The fourth-order valence-electron chi connectivity index (χ4n) is 1.48. The van der Waals surface area contributed by atoms with Crippen LogP contribution in [0, 0.1) is 0 Å². The van der Waals surface area contributed by atoms with Gasteiger partial charge in [0.2, 0.25) is 0 Å². The third-order valence-corrected chi connectivity index (χ3v) is 2.73. The molecule has 0 amide bonds. The number of nitrogens with two attached hydrogens (primary N) is 1. The molecule has 1 heterocycles. The zero-order chi connectivity index (χ0) is 12.1. The molecule has 0 spiro atoms. The topological polar surface area (TPSA) is 48.1 Å². The molecule has 0 aliphatic carbocycles. The summed E-state index contributed by atoms with van der Waals surface area (Å²) in [4.78, 5) is 4.17. The molecular weight excluding hydrogens is 280 g/mol. The van der Waals surface area contributed by atoms with Crippen LogP contribution in [0.3, 0.4) is 0 Å². The van der Waals surface area contributed by atoms with E-state index in [1.807, 2.05) is 36.4 Å². The lowest BCUT2D eigenvalue weighted by atomic mass is 10.2. The number of ether oxygens (including phenoxy) is 1. The summed E-state index contributed by atoms with van der Waals surface area (Å²) >= 11 is 3.42. The summed E-state index contributed by atoms with van der Waals surface area (Å²) in [6.07, 6.45) is 0. The van der Waals surface area contributed by atoms with Gasteiger partial charge in [-0.2, -0.15) is 0 Å². The quantitative estimate of drug-likeness (QED) is 0.942. The number of nitrogens with zero attached hydrogens (tertiary/aromatic N) is 1. The molecule has 2 aromatic rings. The monoisotopic (exact) mass is 292 g/mol. The van der Waals surface area contributed by atoms with E-state index in [4.69, 9.17) is 10.5 Å². The lowest BCUT2D eigenvalue weighted by Gasteiger charge is -2.05. The lowest BCUT2D eigenvalue weighted by molar-refractivity contribution is 0.104. The van der Waals surface area contributed by atoms with Crippen molar-refractivity contribution in [3.63, 3.8) is 0 Å². The average molecular weight is 293 g/mol. The van der Waals surface area contributed by atoms with Crippen LogP contribution in [0.2, 0.25) is 0 Å². The molecule has 0 atom stereocenters. The average Bonchev–Trinajstić information content (AvgIpc) is 2.29. The summed E-state index contributed by atoms with van der Waals surface area (Å²) in [5, 5.41) is 0. The van der Waals surface area contributed by atoms with Gasteiger partial charge in [0, 0.05) is 4.47 Å². The molecule has 0 fully saturated rings. The smallest absolute Gasteiger partial charge is 0.123 e. The second-order valence-corrected chi connectivity index (χ2v) is 4.59. The molecule has 2 N–H and O–H groups in total. The maximum Gasteiger partial charge on any atom is 0.123 e. The zero-order valence-electron chi connectivity index (χ0n) is 9.27. The molecule has 88 valence electrons. The predicted molar refractivity (Wildman–Crippen MR) is 71.3 cm³/mol. The molecule has 0 bridgehead atoms. The third-order valence-electron chi connectivity index (χ3n) is 2.24. The highest BCUT2D eigenvalue weighted by atomic mass is 79.9. The normalized spacial score (nSPS) is 10.4. The first kappa shape index (κ1) is 12.1. The van der Waals surface area contributed by atoms with Crippen LogP contribution in [-0.4, -0.2) is 4.98 Å². The van der Waals surface area contributed by atoms with Crippen molar-refractivity contribution in [3.8, 4) is 0 Å². The van der Waals surface area contributed by atoms with E-state index in [1.165, 1.54) is 0 Å². The first-order valence-electron chi connectivity index (χ1n) is 5.27. The van der Waals surface area contributed by atoms with Crippen LogP contribution in [0.15, 0.2) is 46.9 Å². The van der Waals surface area contributed by atoms with E-state index >= 15 is 0 Å². The van der Waals surface area contributed by atoms with E-state index in [2.05, 4.69) is 20.9 Å². The molecule has 4 heteroatoms. The number of aromatic nitrogens is 1. The highest BCUT2D eigenvalue weighted by Gasteiger charge is 1.97. The van der Waals surface area contributed by atoms with E-state index in [-0.39, 0.29) is 0 Å². The van der Waals surface area contributed by atoms with Crippen molar-refractivity contribution in [3.05, 3.63) is 58.2 Å². The number of anilines is 1. The summed E-state index contributed by atoms with van der Waals surface area (Å²) in [5.41, 5.74) is 7.56. The Kier molecular flexibility index (Phi) is 4.12. The molecule has 17 heavy (non-hydrogen) atoms. The van der Waals surface area contributed by atoms with Crippen LogP contribution in [0.4, 0.5) is 5.82 Å².